The Morgan fingerprint density at radius 1 is 1.22 bits per heavy atom. The Balaban J connectivity index is 1.65. The fourth-order valence-corrected chi connectivity index (χ4v) is 4.19. The molecule has 0 aromatic heterocycles. The van der Waals surface area contributed by atoms with Gasteiger partial charge in [0.15, 0.2) is 0 Å². The van der Waals surface area contributed by atoms with Crippen LogP contribution in [0.5, 0.6) is 23.0 Å². The molecule has 4 rings (SSSR count). The molecule has 1 N–H and O–H groups in total. The molecule has 2 aromatic rings. The zero-order chi connectivity index (χ0) is 19.2. The van der Waals surface area contributed by atoms with Crippen LogP contribution in [0, 0.1) is 6.92 Å². The summed E-state index contributed by atoms with van der Waals surface area (Å²) in [6.45, 7) is 9.47. The molecule has 1 atom stereocenters. The molecule has 2 aliphatic heterocycles. The smallest absolute Gasteiger partial charge is 0.129 e. The lowest BCUT2D eigenvalue weighted by molar-refractivity contribution is 0.0825. The minimum absolute atomic E-state index is 0.126. The maximum Gasteiger partial charge on any atom is 0.129 e. The average Bonchev–Trinajstić information content (AvgIpc) is 2.61. The Labute approximate surface area is 161 Å². The summed E-state index contributed by atoms with van der Waals surface area (Å²) >= 11 is 0. The number of hydrogen-bond donors (Lipinski definition) is 1. The van der Waals surface area contributed by atoms with Crippen molar-refractivity contribution in [2.24, 2.45) is 0 Å². The molecule has 0 fully saturated rings. The molecule has 0 aliphatic carbocycles. The van der Waals surface area contributed by atoms with E-state index in [0.29, 0.717) is 19.0 Å². The van der Waals surface area contributed by atoms with E-state index in [9.17, 15) is 5.11 Å². The Kier molecular flexibility index (Phi) is 4.45. The van der Waals surface area contributed by atoms with Crippen molar-refractivity contribution >= 4 is 0 Å². The van der Waals surface area contributed by atoms with Gasteiger partial charge in [0, 0.05) is 23.1 Å². The number of fused-ring (bicyclic) bond motifs is 3. The summed E-state index contributed by atoms with van der Waals surface area (Å²) < 4.78 is 17.9. The van der Waals surface area contributed by atoms with Crippen LogP contribution in [-0.2, 0) is 12.8 Å². The molecule has 0 radical (unpaired) electrons. The van der Waals surface area contributed by atoms with Crippen LogP contribution < -0.4 is 14.2 Å². The van der Waals surface area contributed by atoms with Gasteiger partial charge in [0.2, 0.25) is 0 Å². The topological polar surface area (TPSA) is 47.9 Å². The highest BCUT2D eigenvalue weighted by molar-refractivity contribution is 5.57. The average molecular weight is 368 g/mol. The van der Waals surface area contributed by atoms with Crippen LogP contribution in [0.25, 0.3) is 0 Å². The van der Waals surface area contributed by atoms with Crippen LogP contribution in [0.15, 0.2) is 24.3 Å². The summed E-state index contributed by atoms with van der Waals surface area (Å²) in [6, 6.07) is 7.73. The summed E-state index contributed by atoms with van der Waals surface area (Å²) in [5, 5.41) is 10.5. The third kappa shape index (κ3) is 3.33. The number of ether oxygens (including phenoxy) is 3. The predicted octanol–water partition coefficient (Wildman–Crippen LogP) is 4.92. The molecule has 0 bridgehead atoms. The maximum absolute atomic E-state index is 10.5. The van der Waals surface area contributed by atoms with Gasteiger partial charge in [0.1, 0.15) is 28.6 Å². The summed E-state index contributed by atoms with van der Waals surface area (Å²) in [6.07, 6.45) is 2.82. The summed E-state index contributed by atoms with van der Waals surface area (Å²) in [7, 11) is 0. The van der Waals surface area contributed by atoms with Gasteiger partial charge in [-0.1, -0.05) is 6.07 Å². The van der Waals surface area contributed by atoms with Gasteiger partial charge in [-0.05, 0) is 70.2 Å². The van der Waals surface area contributed by atoms with E-state index in [1.54, 1.807) is 6.07 Å². The van der Waals surface area contributed by atoms with Gasteiger partial charge < -0.3 is 19.3 Å². The fourth-order valence-electron chi connectivity index (χ4n) is 4.19. The van der Waals surface area contributed by atoms with Gasteiger partial charge in [-0.3, -0.25) is 0 Å². The van der Waals surface area contributed by atoms with Crippen LogP contribution >= 0.6 is 0 Å². The Morgan fingerprint density at radius 3 is 2.78 bits per heavy atom. The number of benzene rings is 2. The Morgan fingerprint density at radius 2 is 2.04 bits per heavy atom. The highest BCUT2D eigenvalue weighted by Gasteiger charge is 2.33. The van der Waals surface area contributed by atoms with Crippen molar-refractivity contribution < 1.29 is 19.3 Å². The molecule has 0 unspecified atom stereocenters. The normalized spacial score (nSPS) is 20.1. The number of hydrogen-bond acceptors (Lipinski definition) is 4. The molecule has 0 saturated carbocycles. The van der Waals surface area contributed by atoms with Gasteiger partial charge in [-0.25, -0.2) is 0 Å². The zero-order valence-corrected chi connectivity index (χ0v) is 16.6. The second-order valence-electron chi connectivity index (χ2n) is 8.21. The van der Waals surface area contributed by atoms with Gasteiger partial charge >= 0.3 is 0 Å². The molecule has 0 amide bonds. The van der Waals surface area contributed by atoms with Crippen molar-refractivity contribution in [3.05, 3.63) is 46.5 Å². The van der Waals surface area contributed by atoms with Crippen LogP contribution in [0.1, 0.15) is 55.4 Å². The van der Waals surface area contributed by atoms with E-state index in [2.05, 4.69) is 26.8 Å². The quantitative estimate of drug-likeness (QED) is 0.835. The monoisotopic (exact) mass is 368 g/mol. The van der Waals surface area contributed by atoms with E-state index < -0.39 is 0 Å². The van der Waals surface area contributed by atoms with Gasteiger partial charge in [0.25, 0.3) is 0 Å². The van der Waals surface area contributed by atoms with Crippen LogP contribution in [0.4, 0.5) is 0 Å². The van der Waals surface area contributed by atoms with Crippen LogP contribution in [-0.4, -0.2) is 23.9 Å². The van der Waals surface area contributed by atoms with E-state index in [-0.39, 0.29) is 17.3 Å². The number of aryl methyl sites for hydroxylation is 1. The van der Waals surface area contributed by atoms with Gasteiger partial charge in [-0.2, -0.15) is 0 Å². The third-order valence-electron chi connectivity index (χ3n) is 5.66. The van der Waals surface area contributed by atoms with Gasteiger partial charge in [-0.15, -0.1) is 0 Å². The third-order valence-corrected chi connectivity index (χ3v) is 5.66. The van der Waals surface area contributed by atoms with Crippen molar-refractivity contribution in [2.75, 3.05) is 13.2 Å². The first-order chi connectivity index (χ1) is 12.9. The summed E-state index contributed by atoms with van der Waals surface area (Å²) in [5.74, 6) is 3.07. The van der Waals surface area contributed by atoms with Crippen LogP contribution in [0.2, 0.25) is 0 Å². The van der Waals surface area contributed by atoms with Crippen LogP contribution in [0.3, 0.4) is 0 Å². The number of rotatable bonds is 3. The maximum atomic E-state index is 10.5. The molecule has 2 aromatic carbocycles. The number of phenols is 1. The molecule has 2 aliphatic rings. The van der Waals surface area contributed by atoms with E-state index >= 15 is 0 Å². The Hall–Kier alpha value is -2.36. The molecule has 0 spiro atoms. The fraction of sp³-hybridized carbons (Fsp3) is 0.478. The van der Waals surface area contributed by atoms with Crippen molar-refractivity contribution in [1.29, 1.82) is 0 Å². The lowest BCUT2D eigenvalue weighted by Gasteiger charge is -2.36. The highest BCUT2D eigenvalue weighted by Crippen LogP contribution is 2.46. The molecule has 27 heavy (non-hydrogen) atoms. The second-order valence-corrected chi connectivity index (χ2v) is 8.21. The minimum Gasteiger partial charge on any atom is -0.508 e. The standard InChI is InChI=1S/C23H28O4/c1-5-25-16-6-7-17(20(24)12-16)15-11-19-14(2)10-21-18(22(19)26-13-15)8-9-23(3,4)27-21/h6-7,10,12,15,24H,5,8-9,11,13H2,1-4H3/t15-/m1/s1. The molecule has 0 saturated heterocycles. The number of phenolic OH excluding ortho intramolecular Hbond substituents is 1. The first-order valence-electron chi connectivity index (χ1n) is 9.81. The molecule has 2 heterocycles. The highest BCUT2D eigenvalue weighted by atomic mass is 16.5. The lowest BCUT2D eigenvalue weighted by atomic mass is 9.84. The van der Waals surface area contributed by atoms with Crippen molar-refractivity contribution in [1.82, 2.24) is 0 Å². The van der Waals surface area contributed by atoms with Crippen molar-refractivity contribution in [3.63, 3.8) is 0 Å². The van der Waals surface area contributed by atoms with Crippen molar-refractivity contribution in [2.45, 2.75) is 58.5 Å². The summed E-state index contributed by atoms with van der Waals surface area (Å²) in [5.41, 5.74) is 4.42. The second kappa shape index (κ2) is 6.66. The molecule has 4 heteroatoms. The van der Waals surface area contributed by atoms with Gasteiger partial charge in [0.05, 0.1) is 13.2 Å². The zero-order valence-electron chi connectivity index (χ0n) is 16.6. The minimum atomic E-state index is -0.126. The molecular formula is C23H28O4. The predicted molar refractivity (Wildman–Crippen MR) is 105 cm³/mol. The van der Waals surface area contributed by atoms with E-state index in [1.165, 1.54) is 16.7 Å². The van der Waals surface area contributed by atoms with E-state index in [4.69, 9.17) is 14.2 Å². The molecule has 144 valence electrons. The first kappa shape index (κ1) is 18.0. The Bertz CT molecular complexity index is 869. The first-order valence-corrected chi connectivity index (χ1v) is 9.81. The van der Waals surface area contributed by atoms with E-state index in [0.717, 1.165) is 36.3 Å². The van der Waals surface area contributed by atoms with Crippen molar-refractivity contribution in [3.8, 4) is 23.0 Å². The largest absolute Gasteiger partial charge is 0.508 e. The number of aromatic hydroxyl groups is 1. The molecule has 4 nitrogen and oxygen atoms in total. The lowest BCUT2D eigenvalue weighted by Crippen LogP contribution is -2.33. The molecular weight excluding hydrogens is 340 g/mol. The SMILES string of the molecule is CCOc1ccc([C@H]2COc3c(c(C)cc4c3CCC(C)(C)O4)C2)c(O)c1. The van der Waals surface area contributed by atoms with E-state index in [1.807, 2.05) is 19.1 Å². The summed E-state index contributed by atoms with van der Waals surface area (Å²) in [4.78, 5) is 0.